The van der Waals surface area contributed by atoms with Crippen molar-refractivity contribution in [3.05, 3.63) is 29.3 Å². The van der Waals surface area contributed by atoms with Gasteiger partial charge in [-0.05, 0) is 57.2 Å². The van der Waals surface area contributed by atoms with Crippen LogP contribution in [-0.4, -0.2) is 29.9 Å². The molecule has 2 atom stereocenters. The van der Waals surface area contributed by atoms with Crippen molar-refractivity contribution in [3.8, 4) is 0 Å². The molecule has 1 aromatic carbocycles. The zero-order valence-corrected chi connectivity index (χ0v) is 13.1. The van der Waals surface area contributed by atoms with Crippen LogP contribution in [0, 0.1) is 12.8 Å². The minimum absolute atomic E-state index is 0.167. The largest absolute Gasteiger partial charge is 0.385 e. The van der Waals surface area contributed by atoms with Gasteiger partial charge < -0.3 is 10.2 Å². The summed E-state index contributed by atoms with van der Waals surface area (Å²) in [4.78, 5) is 14.9. The van der Waals surface area contributed by atoms with Crippen molar-refractivity contribution in [1.82, 2.24) is 4.90 Å². The summed E-state index contributed by atoms with van der Waals surface area (Å²) in [6.07, 6.45) is 2.33. The van der Waals surface area contributed by atoms with Gasteiger partial charge in [-0.1, -0.05) is 13.0 Å². The summed E-state index contributed by atoms with van der Waals surface area (Å²) in [5.74, 6) is 0.767. The number of nitrogens with zero attached hydrogens (tertiary/aromatic N) is 1. The highest BCUT2D eigenvalue weighted by Crippen LogP contribution is 2.26. The van der Waals surface area contributed by atoms with E-state index in [0.29, 0.717) is 12.0 Å². The van der Waals surface area contributed by atoms with Crippen molar-refractivity contribution >= 4 is 11.6 Å². The van der Waals surface area contributed by atoms with Crippen LogP contribution in [0.3, 0.4) is 0 Å². The van der Waals surface area contributed by atoms with Gasteiger partial charge in [-0.25, -0.2) is 0 Å². The minimum atomic E-state index is 0.167. The van der Waals surface area contributed by atoms with Gasteiger partial charge in [-0.3, -0.25) is 4.79 Å². The van der Waals surface area contributed by atoms with Gasteiger partial charge >= 0.3 is 0 Å². The highest BCUT2D eigenvalue weighted by Gasteiger charge is 2.28. The Kier molecular flexibility index (Phi) is 4.69. The summed E-state index contributed by atoms with van der Waals surface area (Å²) in [6.45, 7) is 10.2. The van der Waals surface area contributed by atoms with Gasteiger partial charge in [0.15, 0.2) is 0 Å². The van der Waals surface area contributed by atoms with E-state index in [-0.39, 0.29) is 5.91 Å². The van der Waals surface area contributed by atoms with Crippen LogP contribution in [0.15, 0.2) is 18.2 Å². The van der Waals surface area contributed by atoms with Gasteiger partial charge in [0.05, 0.1) is 5.56 Å². The number of amides is 1. The zero-order chi connectivity index (χ0) is 14.7. The van der Waals surface area contributed by atoms with Crippen molar-refractivity contribution in [2.45, 2.75) is 46.6 Å². The topological polar surface area (TPSA) is 32.3 Å². The molecule has 0 saturated carbocycles. The van der Waals surface area contributed by atoms with Gasteiger partial charge in [0, 0.05) is 24.8 Å². The molecule has 110 valence electrons. The maximum atomic E-state index is 12.8. The van der Waals surface area contributed by atoms with E-state index in [1.165, 1.54) is 12.0 Å². The first kappa shape index (κ1) is 14.9. The van der Waals surface area contributed by atoms with Crippen molar-refractivity contribution in [2.24, 2.45) is 5.92 Å². The monoisotopic (exact) mass is 274 g/mol. The van der Waals surface area contributed by atoms with E-state index < -0.39 is 0 Å². The number of hydrogen-bond acceptors (Lipinski definition) is 2. The summed E-state index contributed by atoms with van der Waals surface area (Å²) >= 11 is 0. The Morgan fingerprint density at radius 1 is 1.35 bits per heavy atom. The van der Waals surface area contributed by atoms with Crippen molar-refractivity contribution in [2.75, 3.05) is 18.4 Å². The van der Waals surface area contributed by atoms with Gasteiger partial charge in [0.2, 0.25) is 0 Å². The van der Waals surface area contributed by atoms with Crippen molar-refractivity contribution in [1.29, 1.82) is 0 Å². The van der Waals surface area contributed by atoms with E-state index >= 15 is 0 Å². The van der Waals surface area contributed by atoms with E-state index in [1.54, 1.807) is 0 Å². The van der Waals surface area contributed by atoms with E-state index in [9.17, 15) is 4.79 Å². The van der Waals surface area contributed by atoms with E-state index in [4.69, 9.17) is 0 Å². The van der Waals surface area contributed by atoms with Crippen LogP contribution >= 0.6 is 0 Å². The number of nitrogens with one attached hydrogen (secondary N) is 1. The summed E-state index contributed by atoms with van der Waals surface area (Å²) in [6, 6.07) is 6.39. The molecule has 2 rings (SSSR count). The van der Waals surface area contributed by atoms with Crippen LogP contribution in [0.25, 0.3) is 0 Å². The molecule has 1 N–H and O–H groups in total. The minimum Gasteiger partial charge on any atom is -0.385 e. The van der Waals surface area contributed by atoms with Crippen LogP contribution in [0.5, 0.6) is 0 Å². The number of rotatable bonds is 3. The molecule has 1 fully saturated rings. The molecule has 0 aliphatic carbocycles. The molecule has 3 heteroatoms. The Morgan fingerprint density at radius 2 is 2.10 bits per heavy atom. The first-order chi connectivity index (χ1) is 9.52. The fourth-order valence-electron chi connectivity index (χ4n) is 2.91. The fourth-order valence-corrected chi connectivity index (χ4v) is 2.91. The standard InChI is InChI=1S/C17H26N2O/c1-5-18-16-10-12(2)7-9-15(16)17(20)19-11-13(3)6-8-14(19)4/h7,9-10,13-14,18H,5-6,8,11H2,1-4H3. The second kappa shape index (κ2) is 6.29. The van der Waals surface area contributed by atoms with E-state index in [1.807, 2.05) is 17.0 Å². The van der Waals surface area contributed by atoms with Crippen LogP contribution in [0.1, 0.15) is 49.5 Å². The smallest absolute Gasteiger partial charge is 0.256 e. The Bertz CT molecular complexity index is 484. The Morgan fingerprint density at radius 3 is 2.80 bits per heavy atom. The molecule has 1 saturated heterocycles. The molecule has 1 aromatic rings. The first-order valence-corrected chi connectivity index (χ1v) is 7.68. The molecular weight excluding hydrogens is 248 g/mol. The van der Waals surface area contributed by atoms with Crippen LogP contribution < -0.4 is 5.32 Å². The molecule has 20 heavy (non-hydrogen) atoms. The van der Waals surface area contributed by atoms with Gasteiger partial charge in [-0.15, -0.1) is 0 Å². The average Bonchev–Trinajstić information content (AvgIpc) is 2.41. The third kappa shape index (κ3) is 3.14. The number of anilines is 1. The number of benzene rings is 1. The molecule has 0 spiro atoms. The Balaban J connectivity index is 2.27. The number of hydrogen-bond donors (Lipinski definition) is 1. The maximum Gasteiger partial charge on any atom is 0.256 e. The zero-order valence-electron chi connectivity index (χ0n) is 13.1. The highest BCUT2D eigenvalue weighted by molar-refractivity contribution is 6.00. The van der Waals surface area contributed by atoms with Crippen LogP contribution in [-0.2, 0) is 0 Å². The third-order valence-electron chi connectivity index (χ3n) is 4.15. The lowest BCUT2D eigenvalue weighted by molar-refractivity contribution is 0.0575. The van der Waals surface area contributed by atoms with Crippen LogP contribution in [0.4, 0.5) is 5.69 Å². The molecule has 1 amide bonds. The number of carbonyl (C=O) groups is 1. The van der Waals surface area contributed by atoms with Gasteiger partial charge in [0.1, 0.15) is 0 Å². The number of aryl methyl sites for hydroxylation is 1. The average molecular weight is 274 g/mol. The first-order valence-electron chi connectivity index (χ1n) is 7.68. The predicted molar refractivity (Wildman–Crippen MR) is 84.2 cm³/mol. The lowest BCUT2D eigenvalue weighted by atomic mass is 9.94. The maximum absolute atomic E-state index is 12.8. The molecular formula is C17H26N2O. The number of carbonyl (C=O) groups excluding carboxylic acids is 1. The third-order valence-corrected chi connectivity index (χ3v) is 4.15. The second-order valence-corrected chi connectivity index (χ2v) is 6.07. The number of piperidine rings is 1. The Labute approximate surface area is 122 Å². The van der Waals surface area contributed by atoms with Crippen molar-refractivity contribution in [3.63, 3.8) is 0 Å². The van der Waals surface area contributed by atoms with Crippen molar-refractivity contribution < 1.29 is 4.79 Å². The molecule has 1 heterocycles. The quantitative estimate of drug-likeness (QED) is 0.911. The lowest BCUT2D eigenvalue weighted by Crippen LogP contribution is -2.45. The Hall–Kier alpha value is -1.51. The predicted octanol–water partition coefficient (Wildman–Crippen LogP) is 3.69. The molecule has 0 radical (unpaired) electrons. The van der Waals surface area contributed by atoms with Gasteiger partial charge in [0.25, 0.3) is 5.91 Å². The number of likely N-dealkylation sites (tertiary alicyclic amines) is 1. The molecule has 3 nitrogen and oxygen atoms in total. The van der Waals surface area contributed by atoms with E-state index in [0.717, 1.165) is 30.8 Å². The highest BCUT2D eigenvalue weighted by atomic mass is 16.2. The van der Waals surface area contributed by atoms with E-state index in [2.05, 4.69) is 39.1 Å². The summed E-state index contributed by atoms with van der Waals surface area (Å²) in [7, 11) is 0. The summed E-state index contributed by atoms with van der Waals surface area (Å²) in [5, 5.41) is 3.32. The second-order valence-electron chi connectivity index (χ2n) is 6.07. The molecule has 2 unspecified atom stereocenters. The van der Waals surface area contributed by atoms with Crippen LogP contribution in [0.2, 0.25) is 0 Å². The molecule has 0 aromatic heterocycles. The molecule has 0 bridgehead atoms. The normalized spacial score (nSPS) is 22.7. The lowest BCUT2D eigenvalue weighted by Gasteiger charge is -2.37. The SMILES string of the molecule is CCNc1cc(C)ccc1C(=O)N1CC(C)CCC1C. The fraction of sp³-hybridized carbons (Fsp3) is 0.588. The summed E-state index contributed by atoms with van der Waals surface area (Å²) < 4.78 is 0. The summed E-state index contributed by atoms with van der Waals surface area (Å²) in [5.41, 5.74) is 2.94. The molecule has 1 aliphatic heterocycles. The van der Waals surface area contributed by atoms with Gasteiger partial charge in [-0.2, -0.15) is 0 Å². The molecule has 1 aliphatic rings.